The number of amides is 1. The fourth-order valence-corrected chi connectivity index (χ4v) is 1.53. The second-order valence-electron chi connectivity index (χ2n) is 4.08. The number of rotatable bonds is 4. The Morgan fingerprint density at radius 2 is 2.17 bits per heavy atom. The highest BCUT2D eigenvalue weighted by molar-refractivity contribution is 5.79. The first-order chi connectivity index (χ1) is 8.27. The molecule has 0 fully saturated rings. The van der Waals surface area contributed by atoms with Crippen molar-refractivity contribution in [3.8, 4) is 0 Å². The van der Waals surface area contributed by atoms with E-state index in [1.165, 1.54) is 13.8 Å². The van der Waals surface area contributed by atoms with Crippen molar-refractivity contribution < 1.29 is 18.0 Å². The zero-order chi connectivity index (χ0) is 13.9. The molecule has 1 atom stereocenters. The first-order valence-corrected chi connectivity index (χ1v) is 5.68. The van der Waals surface area contributed by atoms with Crippen molar-refractivity contribution in [2.24, 2.45) is 0 Å². The molecule has 1 amide bonds. The SMILES string of the molecule is CCCNC(=O)C(C)n1nc(C(F)(F)F)cc1C. The van der Waals surface area contributed by atoms with Crippen LogP contribution in [0.3, 0.4) is 0 Å². The number of carbonyl (C=O) groups excluding carboxylic acids is 1. The van der Waals surface area contributed by atoms with E-state index in [2.05, 4.69) is 10.4 Å². The Balaban J connectivity index is 2.89. The Bertz CT molecular complexity index is 426. The van der Waals surface area contributed by atoms with E-state index in [9.17, 15) is 18.0 Å². The third-order valence-electron chi connectivity index (χ3n) is 2.51. The van der Waals surface area contributed by atoms with Crippen molar-refractivity contribution in [3.63, 3.8) is 0 Å². The van der Waals surface area contributed by atoms with Gasteiger partial charge in [0, 0.05) is 12.2 Å². The van der Waals surface area contributed by atoms with Crippen LogP contribution in [0.1, 0.15) is 37.7 Å². The first kappa shape index (κ1) is 14.5. The van der Waals surface area contributed by atoms with Gasteiger partial charge >= 0.3 is 6.18 Å². The summed E-state index contributed by atoms with van der Waals surface area (Å²) >= 11 is 0. The number of nitrogens with zero attached hydrogens (tertiary/aromatic N) is 2. The molecule has 1 aromatic heterocycles. The summed E-state index contributed by atoms with van der Waals surface area (Å²) in [5.74, 6) is -0.336. The molecule has 0 radical (unpaired) electrons. The summed E-state index contributed by atoms with van der Waals surface area (Å²) in [4.78, 5) is 11.7. The average molecular weight is 263 g/mol. The van der Waals surface area contributed by atoms with Gasteiger partial charge in [0.15, 0.2) is 5.69 Å². The van der Waals surface area contributed by atoms with Crippen LogP contribution in [0, 0.1) is 6.92 Å². The third kappa shape index (κ3) is 3.24. The smallest absolute Gasteiger partial charge is 0.354 e. The molecule has 4 nitrogen and oxygen atoms in total. The summed E-state index contributed by atoms with van der Waals surface area (Å²) in [6, 6.07) is 0.177. The molecule has 0 aliphatic heterocycles. The van der Waals surface area contributed by atoms with Gasteiger partial charge < -0.3 is 5.32 Å². The molecule has 7 heteroatoms. The van der Waals surface area contributed by atoms with Crippen LogP contribution in [0.5, 0.6) is 0 Å². The van der Waals surface area contributed by atoms with Crippen LogP contribution in [0.4, 0.5) is 13.2 Å². The number of nitrogens with one attached hydrogen (secondary N) is 1. The molecule has 102 valence electrons. The predicted molar refractivity (Wildman–Crippen MR) is 60.0 cm³/mol. The molecule has 1 unspecified atom stereocenters. The number of aryl methyl sites for hydroxylation is 1. The van der Waals surface area contributed by atoms with E-state index in [0.717, 1.165) is 17.2 Å². The Morgan fingerprint density at radius 1 is 1.56 bits per heavy atom. The van der Waals surface area contributed by atoms with Crippen molar-refractivity contribution in [3.05, 3.63) is 17.5 Å². The van der Waals surface area contributed by atoms with Gasteiger partial charge in [-0.05, 0) is 26.3 Å². The summed E-state index contributed by atoms with van der Waals surface area (Å²) in [6.45, 7) is 5.40. The fraction of sp³-hybridized carbons (Fsp3) is 0.636. The molecule has 0 aliphatic rings. The molecule has 0 aromatic carbocycles. The quantitative estimate of drug-likeness (QED) is 0.906. The Morgan fingerprint density at radius 3 is 2.61 bits per heavy atom. The lowest BCUT2D eigenvalue weighted by molar-refractivity contribution is -0.142. The highest BCUT2D eigenvalue weighted by Crippen LogP contribution is 2.29. The molecule has 1 N–H and O–H groups in total. The maximum atomic E-state index is 12.5. The molecule has 18 heavy (non-hydrogen) atoms. The summed E-state index contributed by atoms with van der Waals surface area (Å²) < 4.78 is 38.5. The number of carbonyl (C=O) groups is 1. The van der Waals surface area contributed by atoms with E-state index < -0.39 is 17.9 Å². The Labute approximate surface area is 103 Å². The van der Waals surface area contributed by atoms with Crippen LogP contribution >= 0.6 is 0 Å². The molecule has 0 bridgehead atoms. The van der Waals surface area contributed by atoms with Crippen LogP contribution in [0.2, 0.25) is 0 Å². The monoisotopic (exact) mass is 263 g/mol. The maximum Gasteiger partial charge on any atom is 0.435 e. The van der Waals surface area contributed by atoms with Gasteiger partial charge in [-0.1, -0.05) is 6.92 Å². The van der Waals surface area contributed by atoms with Crippen LogP contribution in [-0.2, 0) is 11.0 Å². The summed E-state index contributed by atoms with van der Waals surface area (Å²) in [5, 5.41) is 6.07. The standard InChI is InChI=1S/C11H16F3N3O/c1-4-5-15-10(18)8(3)17-7(2)6-9(16-17)11(12,13)14/h6,8H,4-5H2,1-3H3,(H,15,18). The minimum Gasteiger partial charge on any atom is -0.354 e. The van der Waals surface area contributed by atoms with Crippen molar-refractivity contribution in [1.82, 2.24) is 15.1 Å². The van der Waals surface area contributed by atoms with E-state index in [-0.39, 0.29) is 5.91 Å². The van der Waals surface area contributed by atoms with E-state index in [4.69, 9.17) is 0 Å². The average Bonchev–Trinajstić information content (AvgIpc) is 2.66. The summed E-state index contributed by atoms with van der Waals surface area (Å²) in [5.41, 5.74) is -0.670. The normalized spacial score (nSPS) is 13.4. The highest BCUT2D eigenvalue weighted by atomic mass is 19.4. The molecule has 0 saturated heterocycles. The van der Waals surface area contributed by atoms with Gasteiger partial charge in [0.25, 0.3) is 0 Å². The molecule has 1 heterocycles. The number of alkyl halides is 3. The lowest BCUT2D eigenvalue weighted by Gasteiger charge is -2.14. The molecule has 0 saturated carbocycles. The number of halogens is 3. The van der Waals surface area contributed by atoms with Crippen molar-refractivity contribution in [1.29, 1.82) is 0 Å². The van der Waals surface area contributed by atoms with E-state index in [0.29, 0.717) is 12.2 Å². The first-order valence-electron chi connectivity index (χ1n) is 5.68. The maximum absolute atomic E-state index is 12.5. The minimum absolute atomic E-state index is 0.307. The van der Waals surface area contributed by atoms with Gasteiger partial charge in [-0.15, -0.1) is 0 Å². The van der Waals surface area contributed by atoms with E-state index >= 15 is 0 Å². The van der Waals surface area contributed by atoms with Gasteiger partial charge in [0.2, 0.25) is 5.91 Å². The van der Waals surface area contributed by atoms with Crippen molar-refractivity contribution >= 4 is 5.91 Å². The fourth-order valence-electron chi connectivity index (χ4n) is 1.53. The van der Waals surface area contributed by atoms with Crippen LogP contribution in [-0.4, -0.2) is 22.2 Å². The van der Waals surface area contributed by atoms with Gasteiger partial charge in [-0.2, -0.15) is 18.3 Å². The molecular weight excluding hydrogens is 247 g/mol. The topological polar surface area (TPSA) is 46.9 Å². The minimum atomic E-state index is -4.49. The number of hydrogen-bond donors (Lipinski definition) is 1. The Hall–Kier alpha value is -1.53. The molecule has 0 spiro atoms. The molecule has 1 aromatic rings. The molecular formula is C11H16F3N3O. The molecule has 0 aliphatic carbocycles. The second kappa shape index (κ2) is 5.41. The largest absolute Gasteiger partial charge is 0.435 e. The van der Waals surface area contributed by atoms with Crippen molar-refractivity contribution in [2.75, 3.05) is 6.54 Å². The lowest BCUT2D eigenvalue weighted by atomic mass is 10.3. The van der Waals surface area contributed by atoms with Crippen LogP contribution in [0.15, 0.2) is 6.07 Å². The van der Waals surface area contributed by atoms with Crippen molar-refractivity contribution in [2.45, 2.75) is 39.4 Å². The van der Waals surface area contributed by atoms with Gasteiger partial charge in [0.05, 0.1) is 0 Å². The molecule has 1 rings (SSSR count). The Kier molecular flexibility index (Phi) is 4.37. The van der Waals surface area contributed by atoms with Crippen LogP contribution < -0.4 is 5.32 Å². The van der Waals surface area contributed by atoms with Gasteiger partial charge in [-0.25, -0.2) is 0 Å². The van der Waals surface area contributed by atoms with Gasteiger partial charge in [-0.3, -0.25) is 9.48 Å². The number of aromatic nitrogens is 2. The van der Waals surface area contributed by atoms with Crippen LogP contribution in [0.25, 0.3) is 0 Å². The lowest BCUT2D eigenvalue weighted by Crippen LogP contribution is -2.32. The third-order valence-corrected chi connectivity index (χ3v) is 2.51. The second-order valence-corrected chi connectivity index (χ2v) is 4.08. The van der Waals surface area contributed by atoms with E-state index in [1.54, 1.807) is 0 Å². The van der Waals surface area contributed by atoms with Gasteiger partial charge in [0.1, 0.15) is 6.04 Å². The zero-order valence-corrected chi connectivity index (χ0v) is 10.5. The zero-order valence-electron chi connectivity index (χ0n) is 10.5. The van der Waals surface area contributed by atoms with E-state index in [1.807, 2.05) is 6.92 Å². The summed E-state index contributed by atoms with van der Waals surface area (Å²) in [7, 11) is 0. The number of hydrogen-bond acceptors (Lipinski definition) is 2. The highest BCUT2D eigenvalue weighted by Gasteiger charge is 2.35. The predicted octanol–water partition coefficient (Wildman–Crippen LogP) is 2.30. The summed E-state index contributed by atoms with van der Waals surface area (Å²) in [6.07, 6.45) is -3.72.